The molecule has 0 spiro atoms. The minimum absolute atomic E-state index is 0.0668. The van der Waals surface area contributed by atoms with Crippen molar-refractivity contribution < 1.29 is 28.2 Å². The molecule has 7 nitrogen and oxygen atoms in total. The summed E-state index contributed by atoms with van der Waals surface area (Å²) in [4.78, 5) is 23.8. The molecule has 0 fully saturated rings. The first-order chi connectivity index (χ1) is 14.1. The third-order valence-corrected chi connectivity index (χ3v) is 4.87. The maximum absolute atomic E-state index is 11.9. The molecule has 0 unspecified atom stereocenters. The summed E-state index contributed by atoms with van der Waals surface area (Å²) in [6.07, 6.45) is 12.6. The number of unbranched alkanes of at least 4 members (excludes halogenated alkanes) is 10. The van der Waals surface area contributed by atoms with Crippen LogP contribution in [0.1, 0.15) is 96.8 Å². The lowest BCUT2D eigenvalue weighted by Gasteiger charge is -2.16. The lowest BCUT2D eigenvalue weighted by Crippen LogP contribution is -2.28. The van der Waals surface area contributed by atoms with E-state index < -0.39 is 14.8 Å². The Bertz CT molecular complexity index is 422. The van der Waals surface area contributed by atoms with E-state index in [4.69, 9.17) is 19.7 Å². The highest BCUT2D eigenvalue weighted by Gasteiger charge is 2.17. The largest absolute Gasteiger partial charge is 0.462 e. The van der Waals surface area contributed by atoms with Gasteiger partial charge in [0.25, 0.3) is 0 Å². The van der Waals surface area contributed by atoms with Crippen LogP contribution in [0.25, 0.3) is 0 Å². The number of hydrogen-bond donors (Lipinski definition) is 1. The molecule has 0 saturated carbocycles. The molecule has 0 aliphatic carbocycles. The van der Waals surface area contributed by atoms with Crippen molar-refractivity contribution in [1.82, 2.24) is 0 Å². The van der Waals surface area contributed by atoms with Gasteiger partial charge in [-0.2, -0.15) is 0 Å². The van der Waals surface area contributed by atoms with Gasteiger partial charge in [0.05, 0.1) is 0 Å². The quantitative estimate of drug-likeness (QED) is 0.152. The third-order valence-electron chi connectivity index (χ3n) is 4.61. The molecule has 0 saturated heterocycles. The van der Waals surface area contributed by atoms with Crippen LogP contribution in [0, 0.1) is 0 Å². The van der Waals surface area contributed by atoms with E-state index in [-0.39, 0.29) is 25.2 Å². The Balaban J connectivity index is 3.91. The van der Waals surface area contributed by atoms with E-state index in [0.29, 0.717) is 12.8 Å². The van der Waals surface area contributed by atoms with Gasteiger partial charge in [-0.1, -0.05) is 64.7 Å². The van der Waals surface area contributed by atoms with E-state index in [1.165, 1.54) is 19.3 Å². The van der Waals surface area contributed by atoms with E-state index in [2.05, 4.69) is 6.92 Å². The molecule has 29 heavy (non-hydrogen) atoms. The van der Waals surface area contributed by atoms with Crippen LogP contribution >= 0.6 is 8.69 Å². The molecule has 0 heterocycles. The summed E-state index contributed by atoms with van der Waals surface area (Å²) < 4.78 is 25.8. The molecule has 0 aromatic carbocycles. The first-order valence-corrected chi connectivity index (χ1v) is 11.9. The molecule has 0 rings (SSSR count). The molecule has 0 aromatic rings. The van der Waals surface area contributed by atoms with Gasteiger partial charge in [-0.15, -0.1) is 0 Å². The maximum Gasteiger partial charge on any atom is 0.327 e. The Kier molecular flexibility index (Phi) is 20.9. The number of rotatable bonds is 21. The minimum atomic E-state index is -0.730. The van der Waals surface area contributed by atoms with Gasteiger partial charge in [0.2, 0.25) is 0 Å². The zero-order valence-corrected chi connectivity index (χ0v) is 19.0. The molecule has 0 aliphatic rings. The third kappa shape index (κ3) is 20.0. The zero-order valence-electron chi connectivity index (χ0n) is 18.1. The summed E-state index contributed by atoms with van der Waals surface area (Å²) in [5, 5.41) is 0. The van der Waals surface area contributed by atoms with Crippen molar-refractivity contribution >= 4 is 20.6 Å². The molecule has 8 heteroatoms. The first kappa shape index (κ1) is 28.0. The predicted molar refractivity (Wildman–Crippen MR) is 114 cm³/mol. The number of hydrogen-bond acceptors (Lipinski definition) is 7. The molecule has 0 aliphatic heterocycles. The number of carbonyl (C=O) groups is 2. The SMILES string of the molecule is CCCCCCCC(=O)O[C@H](COP=O)COC(=O)CCCCCCCCCN. The van der Waals surface area contributed by atoms with Crippen molar-refractivity contribution in [2.45, 2.75) is 103 Å². The van der Waals surface area contributed by atoms with Gasteiger partial charge in [0.15, 0.2) is 6.10 Å². The monoisotopic (exact) mass is 433 g/mol. The fourth-order valence-electron chi connectivity index (χ4n) is 2.90. The topological polar surface area (TPSA) is 105 Å². The van der Waals surface area contributed by atoms with Gasteiger partial charge in [0.1, 0.15) is 13.2 Å². The van der Waals surface area contributed by atoms with Crippen molar-refractivity contribution in [2.75, 3.05) is 19.8 Å². The smallest absolute Gasteiger partial charge is 0.327 e. The van der Waals surface area contributed by atoms with E-state index in [1.807, 2.05) is 0 Å². The minimum Gasteiger partial charge on any atom is -0.462 e. The van der Waals surface area contributed by atoms with Gasteiger partial charge in [-0.05, 0) is 25.8 Å². The summed E-state index contributed by atoms with van der Waals surface area (Å²) in [7, 11) is -0.493. The second kappa shape index (κ2) is 21.7. The molecule has 0 amide bonds. The molecule has 0 radical (unpaired) electrons. The Hall–Kier alpha value is -1.04. The van der Waals surface area contributed by atoms with Crippen molar-refractivity contribution in [1.29, 1.82) is 0 Å². The Morgan fingerprint density at radius 3 is 1.93 bits per heavy atom. The lowest BCUT2D eigenvalue weighted by atomic mass is 10.1. The van der Waals surface area contributed by atoms with Crippen molar-refractivity contribution in [3.05, 3.63) is 0 Å². The van der Waals surface area contributed by atoms with Crippen LogP contribution in [0.4, 0.5) is 0 Å². The summed E-state index contributed by atoms with van der Waals surface area (Å²) >= 11 is 0. The Morgan fingerprint density at radius 2 is 1.34 bits per heavy atom. The lowest BCUT2D eigenvalue weighted by molar-refractivity contribution is -0.160. The molecule has 1 atom stereocenters. The van der Waals surface area contributed by atoms with Crippen molar-refractivity contribution in [3.63, 3.8) is 0 Å². The molecule has 0 aromatic heterocycles. The standard InChI is InChI=1S/C21H40NO6P/c1-2-3-4-8-12-15-21(24)28-19(18-27-29-25)17-26-20(23)14-11-9-6-5-7-10-13-16-22/h19H,2-18,22H2,1H3/t19-/m0/s1. The van der Waals surface area contributed by atoms with Crippen LogP contribution in [-0.2, 0) is 28.2 Å². The van der Waals surface area contributed by atoms with Crippen LogP contribution in [0.15, 0.2) is 0 Å². The van der Waals surface area contributed by atoms with E-state index in [1.54, 1.807) is 0 Å². The Labute approximate surface area is 177 Å². The van der Waals surface area contributed by atoms with Crippen LogP contribution in [0.5, 0.6) is 0 Å². The fraction of sp³-hybridized carbons (Fsp3) is 0.905. The van der Waals surface area contributed by atoms with Crippen molar-refractivity contribution in [3.8, 4) is 0 Å². The number of ether oxygens (including phenoxy) is 2. The number of carbonyl (C=O) groups excluding carboxylic acids is 2. The number of esters is 2. The van der Waals surface area contributed by atoms with Crippen LogP contribution < -0.4 is 5.73 Å². The fourth-order valence-corrected chi connectivity index (χ4v) is 3.13. The highest BCUT2D eigenvalue weighted by molar-refractivity contribution is 7.17. The van der Waals surface area contributed by atoms with E-state index in [9.17, 15) is 14.2 Å². The van der Waals surface area contributed by atoms with Crippen LogP contribution in [0.2, 0.25) is 0 Å². The van der Waals surface area contributed by atoms with Gasteiger partial charge in [-0.25, -0.2) is 4.57 Å². The highest BCUT2D eigenvalue weighted by Crippen LogP contribution is 2.11. The average molecular weight is 434 g/mol. The summed E-state index contributed by atoms with van der Waals surface area (Å²) in [6, 6.07) is 0. The molecular formula is C21H40NO6P. The van der Waals surface area contributed by atoms with Gasteiger partial charge < -0.3 is 15.2 Å². The van der Waals surface area contributed by atoms with Gasteiger partial charge in [-0.3, -0.25) is 14.1 Å². The Morgan fingerprint density at radius 1 is 0.793 bits per heavy atom. The highest BCUT2D eigenvalue weighted by atomic mass is 31.1. The zero-order chi connectivity index (χ0) is 21.6. The van der Waals surface area contributed by atoms with Crippen molar-refractivity contribution in [2.24, 2.45) is 5.73 Å². The van der Waals surface area contributed by atoms with Crippen LogP contribution in [0.3, 0.4) is 0 Å². The molecule has 2 N–H and O–H groups in total. The summed E-state index contributed by atoms with van der Waals surface area (Å²) in [6.45, 7) is 2.75. The predicted octanol–water partition coefficient (Wildman–Crippen LogP) is 5.10. The van der Waals surface area contributed by atoms with Gasteiger partial charge in [0, 0.05) is 12.8 Å². The molecule has 0 bridgehead atoms. The van der Waals surface area contributed by atoms with E-state index >= 15 is 0 Å². The first-order valence-electron chi connectivity index (χ1n) is 11.1. The average Bonchev–Trinajstić information content (AvgIpc) is 2.71. The molecular weight excluding hydrogens is 393 g/mol. The van der Waals surface area contributed by atoms with Gasteiger partial charge >= 0.3 is 20.6 Å². The maximum atomic E-state index is 11.9. The summed E-state index contributed by atoms with van der Waals surface area (Å²) in [5.41, 5.74) is 5.46. The normalized spacial score (nSPS) is 12.1. The second-order valence-corrected chi connectivity index (χ2v) is 7.75. The number of nitrogens with two attached hydrogens (primary N) is 1. The van der Waals surface area contributed by atoms with E-state index in [0.717, 1.165) is 64.3 Å². The molecule has 170 valence electrons. The van der Waals surface area contributed by atoms with Crippen LogP contribution in [-0.4, -0.2) is 37.8 Å². The second-order valence-electron chi connectivity index (χ2n) is 7.34. The summed E-state index contributed by atoms with van der Waals surface area (Å²) in [5.74, 6) is -0.656.